The minimum atomic E-state index is -1.24. The molecule has 82 valence electrons. The summed E-state index contributed by atoms with van der Waals surface area (Å²) in [6, 6.07) is 0.398. The zero-order valence-corrected chi connectivity index (χ0v) is 7.95. The Morgan fingerprint density at radius 1 is 1.33 bits per heavy atom. The summed E-state index contributed by atoms with van der Waals surface area (Å²) in [6.45, 7) is 0. The molecule has 0 radical (unpaired) electrons. The average molecular weight is 240 g/mol. The zero-order chi connectivity index (χ0) is 11.4. The van der Waals surface area contributed by atoms with Gasteiger partial charge < -0.3 is 4.74 Å². The quantitative estimate of drug-likeness (QED) is 0.806. The van der Waals surface area contributed by atoms with E-state index in [2.05, 4.69) is 4.74 Å². The number of alkyl halides is 1. The Balaban J connectivity index is 2.90. The summed E-state index contributed by atoms with van der Waals surface area (Å²) in [4.78, 5) is 10.8. The predicted molar refractivity (Wildman–Crippen MR) is 47.1 cm³/mol. The highest BCUT2D eigenvalue weighted by Crippen LogP contribution is 2.20. The predicted octanol–water partition coefficient (Wildman–Crippen LogP) is 2.85. The molecule has 1 N–H and O–H groups in total. The number of amides is 1. The molecule has 0 bridgehead atoms. The Morgan fingerprint density at radius 2 is 1.87 bits per heavy atom. The number of benzene rings is 1. The van der Waals surface area contributed by atoms with Gasteiger partial charge in [-0.15, -0.1) is 0 Å². The van der Waals surface area contributed by atoms with Gasteiger partial charge in [-0.05, 0) is 0 Å². The Labute approximate surface area is 87.8 Å². The van der Waals surface area contributed by atoms with Crippen LogP contribution in [0, 0.1) is 17.5 Å². The van der Waals surface area contributed by atoms with E-state index in [-0.39, 0.29) is 0 Å². The molecule has 0 heterocycles. The standard InChI is InChI=1S/C8H5ClF3NO2/c9-3-15-8(14)13-7-5(11)1-4(10)2-6(7)12/h1-2H,3H2,(H,13,14). The van der Waals surface area contributed by atoms with Crippen LogP contribution >= 0.6 is 11.6 Å². The second-order valence-electron chi connectivity index (χ2n) is 2.41. The van der Waals surface area contributed by atoms with Crippen molar-refractivity contribution < 1.29 is 22.7 Å². The van der Waals surface area contributed by atoms with Crippen LogP contribution in [-0.2, 0) is 4.74 Å². The molecule has 0 aliphatic carbocycles. The number of nitrogens with one attached hydrogen (secondary N) is 1. The van der Waals surface area contributed by atoms with Crippen LogP contribution in [0.2, 0.25) is 0 Å². The van der Waals surface area contributed by atoms with E-state index in [1.54, 1.807) is 5.32 Å². The third kappa shape index (κ3) is 3.02. The van der Waals surface area contributed by atoms with Gasteiger partial charge >= 0.3 is 6.09 Å². The normalized spacial score (nSPS) is 9.87. The minimum absolute atomic E-state index is 0.430. The molecule has 1 rings (SSSR count). The number of carbonyl (C=O) groups excluding carboxylic acids is 1. The highest BCUT2D eigenvalue weighted by molar-refractivity contribution is 6.17. The first-order valence-corrected chi connectivity index (χ1v) is 4.22. The lowest BCUT2D eigenvalue weighted by Crippen LogP contribution is -2.15. The van der Waals surface area contributed by atoms with Crippen molar-refractivity contribution in [2.45, 2.75) is 0 Å². The molecule has 15 heavy (non-hydrogen) atoms. The summed E-state index contributed by atoms with van der Waals surface area (Å²) in [5, 5.41) is 1.74. The van der Waals surface area contributed by atoms with Crippen molar-refractivity contribution in [3.63, 3.8) is 0 Å². The second-order valence-corrected chi connectivity index (χ2v) is 2.63. The molecule has 0 fully saturated rings. The van der Waals surface area contributed by atoms with Crippen LogP contribution in [-0.4, -0.2) is 12.2 Å². The lowest BCUT2D eigenvalue weighted by Gasteiger charge is -2.06. The second kappa shape index (κ2) is 4.88. The molecule has 0 unspecified atom stereocenters. The van der Waals surface area contributed by atoms with Crippen LogP contribution in [0.1, 0.15) is 0 Å². The number of anilines is 1. The van der Waals surface area contributed by atoms with Gasteiger partial charge in [0.1, 0.15) is 11.5 Å². The van der Waals surface area contributed by atoms with E-state index in [9.17, 15) is 18.0 Å². The fraction of sp³-hybridized carbons (Fsp3) is 0.125. The van der Waals surface area contributed by atoms with Crippen molar-refractivity contribution in [3.8, 4) is 0 Å². The molecule has 1 aromatic carbocycles. The molecule has 0 saturated heterocycles. The zero-order valence-electron chi connectivity index (χ0n) is 7.19. The summed E-state index contributed by atoms with van der Waals surface area (Å²) in [6.07, 6.45) is -1.13. The van der Waals surface area contributed by atoms with Crippen molar-refractivity contribution in [1.82, 2.24) is 0 Å². The van der Waals surface area contributed by atoms with Crippen molar-refractivity contribution in [2.24, 2.45) is 0 Å². The SMILES string of the molecule is O=C(Nc1c(F)cc(F)cc1F)OCCl. The number of ether oxygens (including phenoxy) is 1. The van der Waals surface area contributed by atoms with E-state index in [1.165, 1.54) is 0 Å². The molecular formula is C8H5ClF3NO2. The molecule has 0 saturated carbocycles. The molecule has 0 aliphatic heterocycles. The summed E-state index contributed by atoms with van der Waals surface area (Å²) in [5.41, 5.74) is -0.786. The van der Waals surface area contributed by atoms with Gasteiger partial charge in [-0.2, -0.15) is 0 Å². The minimum Gasteiger partial charge on any atom is -0.433 e. The molecule has 0 aromatic heterocycles. The van der Waals surface area contributed by atoms with Gasteiger partial charge in [-0.1, -0.05) is 11.6 Å². The Bertz CT molecular complexity index is 363. The lowest BCUT2D eigenvalue weighted by molar-refractivity contribution is 0.180. The summed E-state index contributed by atoms with van der Waals surface area (Å²) >= 11 is 5.04. The largest absolute Gasteiger partial charge is 0.433 e. The number of rotatable bonds is 2. The molecule has 3 nitrogen and oxygen atoms in total. The van der Waals surface area contributed by atoms with Gasteiger partial charge in [0.05, 0.1) is 0 Å². The molecule has 1 amide bonds. The van der Waals surface area contributed by atoms with E-state index in [0.717, 1.165) is 0 Å². The number of hydrogen-bond donors (Lipinski definition) is 1. The van der Waals surface area contributed by atoms with E-state index in [1.807, 2.05) is 0 Å². The van der Waals surface area contributed by atoms with Crippen LogP contribution in [0.4, 0.5) is 23.7 Å². The Morgan fingerprint density at radius 3 is 2.33 bits per heavy atom. The van der Waals surface area contributed by atoms with Crippen molar-refractivity contribution >= 4 is 23.4 Å². The maximum atomic E-state index is 12.9. The van der Waals surface area contributed by atoms with Crippen molar-refractivity contribution in [2.75, 3.05) is 11.4 Å². The number of carbonyl (C=O) groups is 1. The first-order valence-electron chi connectivity index (χ1n) is 3.69. The van der Waals surface area contributed by atoms with E-state index in [0.29, 0.717) is 12.1 Å². The summed E-state index contributed by atoms with van der Waals surface area (Å²) in [7, 11) is 0. The van der Waals surface area contributed by atoms with Crippen LogP contribution < -0.4 is 5.32 Å². The lowest BCUT2D eigenvalue weighted by atomic mass is 10.3. The van der Waals surface area contributed by atoms with Crippen LogP contribution in [0.15, 0.2) is 12.1 Å². The van der Waals surface area contributed by atoms with Gasteiger partial charge in [-0.3, -0.25) is 5.32 Å². The highest BCUT2D eigenvalue weighted by Gasteiger charge is 2.14. The fourth-order valence-corrected chi connectivity index (χ4v) is 0.948. The molecule has 0 atom stereocenters. The monoisotopic (exact) mass is 239 g/mol. The van der Waals surface area contributed by atoms with E-state index < -0.39 is 35.3 Å². The molecule has 1 aromatic rings. The fourth-order valence-electron chi connectivity index (χ4n) is 0.849. The van der Waals surface area contributed by atoms with Gasteiger partial charge in [-0.25, -0.2) is 18.0 Å². The van der Waals surface area contributed by atoms with Crippen LogP contribution in [0.3, 0.4) is 0 Å². The molecule has 0 aliphatic rings. The van der Waals surface area contributed by atoms with E-state index >= 15 is 0 Å². The molecular weight excluding hydrogens is 235 g/mol. The van der Waals surface area contributed by atoms with Crippen LogP contribution in [0.5, 0.6) is 0 Å². The Hall–Kier alpha value is -1.43. The van der Waals surface area contributed by atoms with Crippen LogP contribution in [0.25, 0.3) is 0 Å². The summed E-state index contributed by atoms with van der Waals surface area (Å²) < 4.78 is 42.5. The van der Waals surface area contributed by atoms with Gasteiger partial charge in [0.25, 0.3) is 0 Å². The molecule has 7 heteroatoms. The maximum absolute atomic E-state index is 12.9. The third-order valence-electron chi connectivity index (χ3n) is 1.42. The number of hydrogen-bond acceptors (Lipinski definition) is 2. The van der Waals surface area contributed by atoms with Gasteiger partial charge in [0.2, 0.25) is 0 Å². The Kier molecular flexibility index (Phi) is 3.79. The summed E-state index contributed by atoms with van der Waals surface area (Å²) in [5.74, 6) is -3.56. The van der Waals surface area contributed by atoms with E-state index in [4.69, 9.17) is 11.6 Å². The smallest absolute Gasteiger partial charge is 0.413 e. The molecule has 0 spiro atoms. The highest BCUT2D eigenvalue weighted by atomic mass is 35.5. The maximum Gasteiger partial charge on any atom is 0.413 e. The average Bonchev–Trinajstić information content (AvgIpc) is 2.11. The first kappa shape index (κ1) is 11.6. The topological polar surface area (TPSA) is 38.3 Å². The number of halogens is 4. The van der Waals surface area contributed by atoms with Gasteiger partial charge in [0.15, 0.2) is 17.7 Å². The third-order valence-corrected chi connectivity index (χ3v) is 1.53. The first-order chi connectivity index (χ1) is 7.04. The van der Waals surface area contributed by atoms with Gasteiger partial charge in [0, 0.05) is 12.1 Å². The van der Waals surface area contributed by atoms with Crippen molar-refractivity contribution in [3.05, 3.63) is 29.6 Å². The van der Waals surface area contributed by atoms with Crippen molar-refractivity contribution in [1.29, 1.82) is 0 Å².